The summed E-state index contributed by atoms with van der Waals surface area (Å²) in [6, 6.07) is 7.80. The molecular formula is C12H13ClN4. The van der Waals surface area contributed by atoms with Crippen molar-refractivity contribution in [3.63, 3.8) is 0 Å². The van der Waals surface area contributed by atoms with E-state index in [9.17, 15) is 0 Å². The molecule has 0 spiro atoms. The average Bonchev–Trinajstić information content (AvgIpc) is 2.33. The predicted molar refractivity (Wildman–Crippen MR) is 69.9 cm³/mol. The number of hydrogen-bond acceptors (Lipinski definition) is 4. The monoisotopic (exact) mass is 248 g/mol. The summed E-state index contributed by atoms with van der Waals surface area (Å²) >= 11 is 5.72. The van der Waals surface area contributed by atoms with Gasteiger partial charge in [-0.2, -0.15) is 0 Å². The highest BCUT2D eigenvalue weighted by Gasteiger charge is 2.06. The van der Waals surface area contributed by atoms with E-state index in [4.69, 9.17) is 17.3 Å². The van der Waals surface area contributed by atoms with Crippen molar-refractivity contribution in [2.45, 2.75) is 13.0 Å². The van der Waals surface area contributed by atoms with Gasteiger partial charge in [-0.1, -0.05) is 23.7 Å². The molecule has 0 aliphatic heterocycles. The summed E-state index contributed by atoms with van der Waals surface area (Å²) in [6.07, 6.45) is 3.12. The van der Waals surface area contributed by atoms with Gasteiger partial charge in [0.05, 0.1) is 23.5 Å². The fourth-order valence-corrected chi connectivity index (χ4v) is 1.55. The molecule has 2 aromatic rings. The zero-order valence-electron chi connectivity index (χ0n) is 9.39. The zero-order chi connectivity index (χ0) is 12.3. The van der Waals surface area contributed by atoms with Crippen molar-refractivity contribution in [2.75, 3.05) is 11.1 Å². The van der Waals surface area contributed by atoms with Crippen LogP contribution in [0.5, 0.6) is 0 Å². The SMILES string of the molecule is CC(Nc1ncc(Cl)cn1)c1ccc(N)cc1. The summed E-state index contributed by atoms with van der Waals surface area (Å²) in [4.78, 5) is 8.16. The van der Waals surface area contributed by atoms with E-state index in [2.05, 4.69) is 15.3 Å². The van der Waals surface area contributed by atoms with Gasteiger partial charge in [-0.3, -0.25) is 0 Å². The van der Waals surface area contributed by atoms with E-state index in [-0.39, 0.29) is 6.04 Å². The smallest absolute Gasteiger partial charge is 0.223 e. The molecule has 1 heterocycles. The van der Waals surface area contributed by atoms with Crippen molar-refractivity contribution in [3.05, 3.63) is 47.2 Å². The van der Waals surface area contributed by atoms with E-state index >= 15 is 0 Å². The maximum atomic E-state index is 5.72. The molecule has 88 valence electrons. The molecule has 0 fully saturated rings. The third kappa shape index (κ3) is 3.07. The fourth-order valence-electron chi connectivity index (χ4n) is 1.45. The third-order valence-electron chi connectivity index (χ3n) is 2.40. The molecule has 0 radical (unpaired) electrons. The van der Waals surface area contributed by atoms with Gasteiger partial charge in [0.1, 0.15) is 0 Å². The van der Waals surface area contributed by atoms with Crippen molar-refractivity contribution < 1.29 is 0 Å². The second kappa shape index (κ2) is 5.01. The van der Waals surface area contributed by atoms with Gasteiger partial charge in [0, 0.05) is 5.69 Å². The van der Waals surface area contributed by atoms with Gasteiger partial charge in [0.15, 0.2) is 0 Å². The van der Waals surface area contributed by atoms with Crippen LogP contribution in [0.4, 0.5) is 11.6 Å². The first kappa shape index (κ1) is 11.7. The van der Waals surface area contributed by atoms with Crippen LogP contribution in [0.2, 0.25) is 5.02 Å². The van der Waals surface area contributed by atoms with Gasteiger partial charge in [-0.05, 0) is 24.6 Å². The van der Waals surface area contributed by atoms with E-state index in [0.717, 1.165) is 11.3 Å². The van der Waals surface area contributed by atoms with E-state index in [0.29, 0.717) is 11.0 Å². The van der Waals surface area contributed by atoms with Gasteiger partial charge < -0.3 is 11.1 Å². The Kier molecular flexibility index (Phi) is 3.44. The van der Waals surface area contributed by atoms with Crippen LogP contribution in [0.1, 0.15) is 18.5 Å². The van der Waals surface area contributed by atoms with Gasteiger partial charge in [0.25, 0.3) is 0 Å². The lowest BCUT2D eigenvalue weighted by Crippen LogP contribution is -2.09. The molecule has 0 saturated carbocycles. The number of hydrogen-bond donors (Lipinski definition) is 2. The molecule has 1 aromatic carbocycles. The topological polar surface area (TPSA) is 63.8 Å². The average molecular weight is 249 g/mol. The molecule has 17 heavy (non-hydrogen) atoms. The minimum Gasteiger partial charge on any atom is -0.399 e. The molecule has 3 N–H and O–H groups in total. The molecule has 1 atom stereocenters. The molecule has 2 rings (SSSR count). The number of nitrogens with zero attached hydrogens (tertiary/aromatic N) is 2. The number of benzene rings is 1. The zero-order valence-corrected chi connectivity index (χ0v) is 10.1. The van der Waals surface area contributed by atoms with E-state index in [1.165, 1.54) is 0 Å². The Morgan fingerprint density at radius 2 is 1.76 bits per heavy atom. The van der Waals surface area contributed by atoms with Gasteiger partial charge in [-0.25, -0.2) is 9.97 Å². The minimum atomic E-state index is 0.108. The molecule has 5 heteroatoms. The number of nitrogens with one attached hydrogen (secondary N) is 1. The lowest BCUT2D eigenvalue weighted by atomic mass is 10.1. The highest BCUT2D eigenvalue weighted by Crippen LogP contribution is 2.18. The first-order valence-electron chi connectivity index (χ1n) is 5.24. The number of aromatic nitrogens is 2. The quantitative estimate of drug-likeness (QED) is 0.820. The highest BCUT2D eigenvalue weighted by atomic mass is 35.5. The van der Waals surface area contributed by atoms with Crippen LogP contribution in [0.15, 0.2) is 36.7 Å². The largest absolute Gasteiger partial charge is 0.399 e. The van der Waals surface area contributed by atoms with Crippen molar-refractivity contribution in [1.29, 1.82) is 0 Å². The summed E-state index contributed by atoms with van der Waals surface area (Å²) in [5, 5.41) is 3.71. The summed E-state index contributed by atoms with van der Waals surface area (Å²) in [5.41, 5.74) is 7.51. The molecule has 0 aliphatic rings. The van der Waals surface area contributed by atoms with E-state index in [1.807, 2.05) is 31.2 Å². The molecular weight excluding hydrogens is 236 g/mol. The Bertz CT molecular complexity index is 481. The van der Waals surface area contributed by atoms with Crippen LogP contribution in [0, 0.1) is 0 Å². The number of halogens is 1. The van der Waals surface area contributed by atoms with Gasteiger partial charge in [-0.15, -0.1) is 0 Å². The molecule has 0 saturated heterocycles. The van der Waals surface area contributed by atoms with Crippen LogP contribution in [0.25, 0.3) is 0 Å². The Labute approximate surface area is 105 Å². The van der Waals surface area contributed by atoms with Crippen LogP contribution < -0.4 is 11.1 Å². The summed E-state index contributed by atoms with van der Waals surface area (Å²) < 4.78 is 0. The van der Waals surface area contributed by atoms with Crippen molar-refractivity contribution >= 4 is 23.2 Å². The summed E-state index contributed by atoms with van der Waals surface area (Å²) in [6.45, 7) is 2.03. The van der Waals surface area contributed by atoms with Crippen LogP contribution in [-0.2, 0) is 0 Å². The van der Waals surface area contributed by atoms with E-state index in [1.54, 1.807) is 12.4 Å². The molecule has 0 amide bonds. The summed E-state index contributed by atoms with van der Waals surface area (Å²) in [7, 11) is 0. The summed E-state index contributed by atoms with van der Waals surface area (Å²) in [5.74, 6) is 0.554. The van der Waals surface area contributed by atoms with Gasteiger partial charge >= 0.3 is 0 Å². The Morgan fingerprint density at radius 1 is 1.18 bits per heavy atom. The number of rotatable bonds is 3. The fraction of sp³-hybridized carbons (Fsp3) is 0.167. The van der Waals surface area contributed by atoms with Crippen molar-refractivity contribution in [3.8, 4) is 0 Å². The second-order valence-electron chi connectivity index (χ2n) is 3.76. The molecule has 1 unspecified atom stereocenters. The predicted octanol–water partition coefficient (Wildman–Crippen LogP) is 2.89. The normalized spacial score (nSPS) is 12.1. The lowest BCUT2D eigenvalue weighted by molar-refractivity contribution is 0.861. The lowest BCUT2D eigenvalue weighted by Gasteiger charge is -2.14. The Morgan fingerprint density at radius 3 is 2.35 bits per heavy atom. The Balaban J connectivity index is 2.08. The first-order chi connectivity index (χ1) is 8.15. The maximum absolute atomic E-state index is 5.72. The number of anilines is 2. The Hall–Kier alpha value is -1.81. The minimum absolute atomic E-state index is 0.108. The van der Waals surface area contributed by atoms with Crippen molar-refractivity contribution in [2.24, 2.45) is 0 Å². The third-order valence-corrected chi connectivity index (χ3v) is 2.60. The maximum Gasteiger partial charge on any atom is 0.223 e. The number of nitrogens with two attached hydrogens (primary N) is 1. The van der Waals surface area contributed by atoms with Crippen LogP contribution in [0.3, 0.4) is 0 Å². The van der Waals surface area contributed by atoms with Gasteiger partial charge in [0.2, 0.25) is 5.95 Å². The van der Waals surface area contributed by atoms with E-state index < -0.39 is 0 Å². The number of nitrogen functional groups attached to an aromatic ring is 1. The first-order valence-corrected chi connectivity index (χ1v) is 5.62. The highest BCUT2D eigenvalue weighted by molar-refractivity contribution is 6.30. The second-order valence-corrected chi connectivity index (χ2v) is 4.19. The molecule has 4 nitrogen and oxygen atoms in total. The van der Waals surface area contributed by atoms with Crippen LogP contribution >= 0.6 is 11.6 Å². The molecule has 0 bridgehead atoms. The van der Waals surface area contributed by atoms with Crippen LogP contribution in [-0.4, -0.2) is 9.97 Å². The standard InChI is InChI=1S/C12H13ClN4/c1-8(9-2-4-11(14)5-3-9)17-12-15-6-10(13)7-16-12/h2-8H,14H2,1H3,(H,15,16,17). The molecule has 1 aromatic heterocycles. The van der Waals surface area contributed by atoms with Crippen molar-refractivity contribution in [1.82, 2.24) is 9.97 Å². The molecule has 0 aliphatic carbocycles.